The van der Waals surface area contributed by atoms with Gasteiger partial charge < -0.3 is 5.32 Å². The highest BCUT2D eigenvalue weighted by Crippen LogP contribution is 2.24. The third-order valence-electron chi connectivity index (χ3n) is 2.55. The number of benzene rings is 1. The van der Waals surface area contributed by atoms with E-state index in [4.69, 9.17) is 0 Å². The molecule has 1 N–H and O–H groups in total. The van der Waals surface area contributed by atoms with Crippen molar-refractivity contribution < 1.29 is 4.79 Å². The number of carbonyl (C=O) groups excluding carboxylic acids is 1. The summed E-state index contributed by atoms with van der Waals surface area (Å²) in [7, 11) is 0. The number of rotatable bonds is 3. The maximum absolute atomic E-state index is 12.1. The van der Waals surface area contributed by atoms with Crippen molar-refractivity contribution >= 4 is 61.3 Å². The van der Waals surface area contributed by atoms with E-state index in [1.54, 1.807) is 0 Å². The Labute approximate surface area is 132 Å². The second-order valence-corrected chi connectivity index (χ2v) is 8.23. The molecule has 1 aromatic rings. The topological polar surface area (TPSA) is 29.1 Å². The fraction of sp³-hybridized carbons (Fsp3) is 0.417. The first kappa shape index (κ1) is 14.8. The first-order valence-electron chi connectivity index (χ1n) is 5.59. The molecule has 2 rings (SSSR count). The molecule has 0 aliphatic carbocycles. The standard InChI is InChI=1S/C12H13Br2NOS2/c13-8-1-2-11(14)10(5-8)12(16)15-6-9-7-17-3-4-18-9/h1-2,5,9H,3-4,6-7H2,(H,15,16). The van der Waals surface area contributed by atoms with Crippen molar-refractivity contribution in [2.24, 2.45) is 0 Å². The second kappa shape index (κ2) is 7.22. The Kier molecular flexibility index (Phi) is 5.92. The normalized spacial score (nSPS) is 19.6. The molecule has 98 valence electrons. The third kappa shape index (κ3) is 4.18. The Morgan fingerprint density at radius 2 is 2.22 bits per heavy atom. The maximum atomic E-state index is 12.1. The Balaban J connectivity index is 1.92. The minimum atomic E-state index is -0.0145. The summed E-state index contributed by atoms with van der Waals surface area (Å²) in [5, 5.41) is 3.55. The van der Waals surface area contributed by atoms with Crippen LogP contribution in [0.1, 0.15) is 10.4 Å². The molecule has 2 nitrogen and oxygen atoms in total. The largest absolute Gasteiger partial charge is 0.351 e. The van der Waals surface area contributed by atoms with Gasteiger partial charge in [-0.25, -0.2) is 0 Å². The lowest BCUT2D eigenvalue weighted by atomic mass is 10.2. The van der Waals surface area contributed by atoms with Crippen molar-refractivity contribution in [3.63, 3.8) is 0 Å². The number of hydrogen-bond acceptors (Lipinski definition) is 3. The lowest BCUT2D eigenvalue weighted by molar-refractivity contribution is 0.0953. The van der Waals surface area contributed by atoms with Crippen molar-refractivity contribution in [1.29, 1.82) is 0 Å². The molecule has 18 heavy (non-hydrogen) atoms. The third-order valence-corrected chi connectivity index (χ3v) is 6.58. The number of nitrogens with one attached hydrogen (secondary N) is 1. The molecule has 1 aliphatic rings. The van der Waals surface area contributed by atoms with Gasteiger partial charge in [0.25, 0.3) is 5.91 Å². The molecule has 1 aromatic carbocycles. The highest BCUT2D eigenvalue weighted by molar-refractivity contribution is 9.11. The summed E-state index contributed by atoms with van der Waals surface area (Å²) < 4.78 is 1.74. The molecule has 1 aliphatic heterocycles. The van der Waals surface area contributed by atoms with Crippen LogP contribution in [0, 0.1) is 0 Å². The molecule has 0 radical (unpaired) electrons. The zero-order valence-corrected chi connectivity index (χ0v) is 14.4. The monoisotopic (exact) mass is 409 g/mol. The van der Waals surface area contributed by atoms with Gasteiger partial charge in [0.2, 0.25) is 0 Å². The predicted octanol–water partition coefficient (Wildman–Crippen LogP) is 3.79. The molecule has 0 spiro atoms. The highest BCUT2D eigenvalue weighted by Gasteiger charge is 2.16. The molecule has 1 atom stereocenters. The van der Waals surface area contributed by atoms with Crippen LogP contribution in [0.2, 0.25) is 0 Å². The summed E-state index contributed by atoms with van der Waals surface area (Å²) in [4.78, 5) is 12.1. The van der Waals surface area contributed by atoms with E-state index >= 15 is 0 Å². The van der Waals surface area contributed by atoms with Crippen LogP contribution in [0.3, 0.4) is 0 Å². The number of amides is 1. The zero-order valence-electron chi connectivity index (χ0n) is 9.62. The minimum absolute atomic E-state index is 0.0145. The van der Waals surface area contributed by atoms with Crippen molar-refractivity contribution in [1.82, 2.24) is 5.32 Å². The zero-order chi connectivity index (χ0) is 13.0. The van der Waals surface area contributed by atoms with E-state index in [0.29, 0.717) is 10.8 Å². The minimum Gasteiger partial charge on any atom is -0.351 e. The summed E-state index contributed by atoms with van der Waals surface area (Å²) in [6.07, 6.45) is 0. The second-order valence-electron chi connectivity index (χ2n) is 3.90. The summed E-state index contributed by atoms with van der Waals surface area (Å²) in [5.74, 6) is 3.53. The van der Waals surface area contributed by atoms with Gasteiger partial charge in [-0.05, 0) is 34.1 Å². The van der Waals surface area contributed by atoms with E-state index in [2.05, 4.69) is 37.2 Å². The predicted molar refractivity (Wildman–Crippen MR) is 87.7 cm³/mol. The van der Waals surface area contributed by atoms with Crippen LogP contribution in [0.25, 0.3) is 0 Å². The van der Waals surface area contributed by atoms with Crippen molar-refractivity contribution in [3.05, 3.63) is 32.7 Å². The van der Waals surface area contributed by atoms with E-state index in [9.17, 15) is 4.79 Å². The summed E-state index contributed by atoms with van der Waals surface area (Å²) in [6, 6.07) is 5.63. The lowest BCUT2D eigenvalue weighted by Gasteiger charge is -2.21. The van der Waals surface area contributed by atoms with Crippen molar-refractivity contribution in [3.8, 4) is 0 Å². The molecule has 1 unspecified atom stereocenters. The Morgan fingerprint density at radius 1 is 1.39 bits per heavy atom. The number of halogens is 2. The van der Waals surface area contributed by atoms with Crippen LogP contribution in [0.5, 0.6) is 0 Å². The van der Waals surface area contributed by atoms with Crippen LogP contribution in [-0.2, 0) is 0 Å². The molecular weight excluding hydrogens is 398 g/mol. The molecule has 1 amide bonds. The van der Waals surface area contributed by atoms with Gasteiger partial charge in [-0.3, -0.25) is 4.79 Å². The van der Waals surface area contributed by atoms with Gasteiger partial charge >= 0.3 is 0 Å². The first-order chi connectivity index (χ1) is 8.66. The Bertz CT molecular complexity index is 436. The van der Waals surface area contributed by atoms with E-state index in [0.717, 1.165) is 21.2 Å². The van der Waals surface area contributed by atoms with Crippen LogP contribution in [0.15, 0.2) is 27.1 Å². The van der Waals surface area contributed by atoms with Gasteiger partial charge in [-0.1, -0.05) is 15.9 Å². The summed E-state index contributed by atoms with van der Waals surface area (Å²) in [6.45, 7) is 0.745. The fourth-order valence-corrected chi connectivity index (χ4v) is 5.03. The Hall–Kier alpha value is 0.350. The highest BCUT2D eigenvalue weighted by atomic mass is 79.9. The smallest absolute Gasteiger partial charge is 0.252 e. The van der Waals surface area contributed by atoms with Crippen LogP contribution in [0.4, 0.5) is 0 Å². The SMILES string of the molecule is O=C(NCC1CSCCS1)c1cc(Br)ccc1Br. The van der Waals surface area contributed by atoms with Gasteiger partial charge in [0, 0.05) is 38.0 Å². The molecule has 6 heteroatoms. The van der Waals surface area contributed by atoms with Gasteiger partial charge in [0.15, 0.2) is 0 Å². The van der Waals surface area contributed by atoms with Crippen LogP contribution in [-0.4, -0.2) is 35.0 Å². The summed E-state index contributed by atoms with van der Waals surface area (Å²) >= 11 is 10.7. The average molecular weight is 411 g/mol. The van der Waals surface area contributed by atoms with Crippen LogP contribution < -0.4 is 5.32 Å². The van der Waals surface area contributed by atoms with Gasteiger partial charge in [-0.2, -0.15) is 23.5 Å². The van der Waals surface area contributed by atoms with Crippen molar-refractivity contribution in [2.45, 2.75) is 5.25 Å². The van der Waals surface area contributed by atoms with Gasteiger partial charge in [0.05, 0.1) is 5.56 Å². The first-order valence-corrected chi connectivity index (χ1v) is 9.38. The molecular formula is C12H13Br2NOS2. The molecule has 0 aromatic heterocycles. The van der Waals surface area contributed by atoms with Crippen LogP contribution >= 0.6 is 55.4 Å². The lowest BCUT2D eigenvalue weighted by Crippen LogP contribution is -2.33. The van der Waals surface area contributed by atoms with E-state index in [1.165, 1.54) is 11.5 Å². The Morgan fingerprint density at radius 3 is 2.94 bits per heavy atom. The molecule has 0 bridgehead atoms. The molecule has 1 heterocycles. The number of carbonyl (C=O) groups is 1. The van der Waals surface area contributed by atoms with E-state index in [1.807, 2.05) is 41.7 Å². The maximum Gasteiger partial charge on any atom is 0.252 e. The quantitative estimate of drug-likeness (QED) is 0.821. The van der Waals surface area contributed by atoms with Gasteiger partial charge in [-0.15, -0.1) is 0 Å². The molecule has 0 saturated carbocycles. The number of hydrogen-bond donors (Lipinski definition) is 1. The number of thioether (sulfide) groups is 2. The molecule has 1 fully saturated rings. The van der Waals surface area contributed by atoms with Gasteiger partial charge in [0.1, 0.15) is 0 Å². The fourth-order valence-electron chi connectivity index (χ4n) is 1.63. The average Bonchev–Trinajstić information content (AvgIpc) is 2.40. The molecule has 1 saturated heterocycles. The van der Waals surface area contributed by atoms with E-state index in [-0.39, 0.29) is 5.91 Å². The van der Waals surface area contributed by atoms with Crippen molar-refractivity contribution in [2.75, 3.05) is 23.8 Å². The van der Waals surface area contributed by atoms with E-state index < -0.39 is 0 Å². The summed E-state index contributed by atoms with van der Waals surface area (Å²) in [5.41, 5.74) is 0.679.